The van der Waals surface area contributed by atoms with Crippen molar-refractivity contribution in [1.82, 2.24) is 14.8 Å². The summed E-state index contributed by atoms with van der Waals surface area (Å²) in [6, 6.07) is 11.7. The predicted octanol–water partition coefficient (Wildman–Crippen LogP) is 5.22. The fourth-order valence-electron chi connectivity index (χ4n) is 3.23. The van der Waals surface area contributed by atoms with Crippen molar-refractivity contribution < 1.29 is 9.52 Å². The van der Waals surface area contributed by atoms with Crippen molar-refractivity contribution in [1.29, 1.82) is 0 Å². The van der Waals surface area contributed by atoms with Gasteiger partial charge in [-0.1, -0.05) is 39.0 Å². The minimum Gasteiger partial charge on any atom is -0.494 e. The van der Waals surface area contributed by atoms with E-state index in [0.29, 0.717) is 11.4 Å². The molecule has 0 spiro atoms. The fraction of sp³-hybridized carbons (Fsp3) is 0.273. The van der Waals surface area contributed by atoms with Crippen LogP contribution in [0.1, 0.15) is 37.9 Å². The lowest BCUT2D eigenvalue weighted by Gasteiger charge is -2.13. The van der Waals surface area contributed by atoms with Crippen LogP contribution in [0.15, 0.2) is 45.8 Å². The molecular formula is C22H24N4O2. The Hall–Kier alpha value is -3.28. The first-order valence-electron chi connectivity index (χ1n) is 9.23. The number of rotatable bonds is 3. The molecule has 4 rings (SSSR count). The van der Waals surface area contributed by atoms with Gasteiger partial charge >= 0.3 is 0 Å². The average Bonchev–Trinajstić information content (AvgIpc) is 3.27. The van der Waals surface area contributed by atoms with E-state index in [1.54, 1.807) is 10.9 Å². The van der Waals surface area contributed by atoms with Crippen LogP contribution >= 0.6 is 0 Å². The topological polar surface area (TPSA) is 79.3 Å². The predicted molar refractivity (Wildman–Crippen MR) is 112 cm³/mol. The van der Waals surface area contributed by atoms with Crippen LogP contribution in [-0.4, -0.2) is 26.1 Å². The summed E-state index contributed by atoms with van der Waals surface area (Å²) >= 11 is 0. The van der Waals surface area contributed by atoms with Crippen molar-refractivity contribution in [3.8, 4) is 17.1 Å². The number of nitrogens with zero attached hydrogens (tertiary/aromatic N) is 3. The molecular weight excluding hydrogens is 352 g/mol. The molecule has 0 aliphatic carbocycles. The van der Waals surface area contributed by atoms with Gasteiger partial charge in [0, 0.05) is 41.2 Å². The van der Waals surface area contributed by atoms with Gasteiger partial charge in [0.2, 0.25) is 0 Å². The van der Waals surface area contributed by atoms with E-state index < -0.39 is 0 Å². The molecule has 1 aromatic carbocycles. The van der Waals surface area contributed by atoms with Crippen LogP contribution in [0.3, 0.4) is 0 Å². The lowest BCUT2D eigenvalue weighted by molar-refractivity contribution is 0.396. The SMILES string of the molecule is Cc1oc(C(C)(C)C)cc1-c1cc(N=Cc2c(O)[nH]c3ccccc23)n(C)n1. The smallest absolute Gasteiger partial charge is 0.198 e. The summed E-state index contributed by atoms with van der Waals surface area (Å²) in [6.07, 6.45) is 1.66. The minimum atomic E-state index is -0.0639. The van der Waals surface area contributed by atoms with Crippen LogP contribution in [0.2, 0.25) is 0 Å². The van der Waals surface area contributed by atoms with Gasteiger partial charge in [0.25, 0.3) is 0 Å². The number of nitrogens with one attached hydrogen (secondary N) is 1. The van der Waals surface area contributed by atoms with Crippen LogP contribution in [0, 0.1) is 6.92 Å². The third-order valence-corrected chi connectivity index (χ3v) is 4.84. The van der Waals surface area contributed by atoms with E-state index in [2.05, 4.69) is 41.9 Å². The van der Waals surface area contributed by atoms with Crippen LogP contribution < -0.4 is 0 Å². The Kier molecular flexibility index (Phi) is 4.14. The molecule has 0 atom stereocenters. The molecule has 3 heterocycles. The Morgan fingerprint density at radius 1 is 1.21 bits per heavy atom. The maximum atomic E-state index is 10.2. The second-order valence-electron chi connectivity index (χ2n) is 8.03. The highest BCUT2D eigenvalue weighted by molar-refractivity contribution is 6.02. The van der Waals surface area contributed by atoms with E-state index in [4.69, 9.17) is 4.42 Å². The van der Waals surface area contributed by atoms with E-state index >= 15 is 0 Å². The first-order chi connectivity index (χ1) is 13.2. The third-order valence-electron chi connectivity index (χ3n) is 4.84. The summed E-state index contributed by atoms with van der Waals surface area (Å²) in [6.45, 7) is 8.32. The Morgan fingerprint density at radius 3 is 2.68 bits per heavy atom. The zero-order valence-corrected chi connectivity index (χ0v) is 16.7. The number of furan rings is 1. The van der Waals surface area contributed by atoms with E-state index in [0.717, 1.165) is 33.7 Å². The van der Waals surface area contributed by atoms with Gasteiger partial charge in [-0.25, -0.2) is 4.99 Å². The van der Waals surface area contributed by atoms with Crippen molar-refractivity contribution in [2.75, 3.05) is 0 Å². The second kappa shape index (κ2) is 6.41. The number of benzene rings is 1. The molecule has 28 heavy (non-hydrogen) atoms. The van der Waals surface area contributed by atoms with Crippen molar-refractivity contribution in [2.45, 2.75) is 33.1 Å². The van der Waals surface area contributed by atoms with Gasteiger partial charge in [-0.15, -0.1) is 0 Å². The molecule has 0 aliphatic heterocycles. The summed E-state index contributed by atoms with van der Waals surface area (Å²) in [5.41, 5.74) is 3.25. The van der Waals surface area contributed by atoms with Gasteiger partial charge in [-0.2, -0.15) is 5.10 Å². The summed E-state index contributed by atoms with van der Waals surface area (Å²) in [4.78, 5) is 7.52. The summed E-state index contributed by atoms with van der Waals surface area (Å²) < 4.78 is 7.66. The van der Waals surface area contributed by atoms with E-state index in [9.17, 15) is 5.11 Å². The maximum absolute atomic E-state index is 10.2. The number of fused-ring (bicyclic) bond motifs is 1. The number of aromatic hydroxyl groups is 1. The number of hydrogen-bond donors (Lipinski definition) is 2. The molecule has 0 unspecified atom stereocenters. The monoisotopic (exact) mass is 376 g/mol. The molecule has 0 amide bonds. The highest BCUT2D eigenvalue weighted by Gasteiger charge is 2.22. The Labute approximate surface area is 163 Å². The molecule has 6 nitrogen and oxygen atoms in total. The molecule has 0 fully saturated rings. The summed E-state index contributed by atoms with van der Waals surface area (Å²) in [5.74, 6) is 2.57. The van der Waals surface area contributed by atoms with Crippen LogP contribution in [0.4, 0.5) is 5.82 Å². The third kappa shape index (κ3) is 3.11. The first kappa shape index (κ1) is 18.1. The maximum Gasteiger partial charge on any atom is 0.198 e. The number of H-pyrrole nitrogens is 1. The molecule has 6 heteroatoms. The zero-order chi connectivity index (χ0) is 20.1. The van der Waals surface area contributed by atoms with Gasteiger partial charge in [-0.05, 0) is 19.1 Å². The number of hydrogen-bond acceptors (Lipinski definition) is 4. The molecule has 0 radical (unpaired) electrons. The highest BCUT2D eigenvalue weighted by atomic mass is 16.3. The largest absolute Gasteiger partial charge is 0.494 e. The van der Waals surface area contributed by atoms with Crippen molar-refractivity contribution in [3.05, 3.63) is 53.5 Å². The first-order valence-corrected chi connectivity index (χ1v) is 9.23. The van der Waals surface area contributed by atoms with Gasteiger partial charge in [0.1, 0.15) is 11.5 Å². The standard InChI is InChI=1S/C22H24N4O2/c1-13-15(10-19(28-13)22(2,3)4)18-11-20(26(5)25-18)23-12-16-14-8-6-7-9-17(14)24-21(16)27/h6-12,24,27H,1-5H3. The molecule has 4 aromatic rings. The van der Waals surface area contributed by atoms with Gasteiger partial charge < -0.3 is 14.5 Å². The second-order valence-corrected chi connectivity index (χ2v) is 8.03. The average molecular weight is 376 g/mol. The van der Waals surface area contributed by atoms with E-state index in [-0.39, 0.29) is 11.3 Å². The summed E-state index contributed by atoms with van der Waals surface area (Å²) in [7, 11) is 1.85. The van der Waals surface area contributed by atoms with Crippen LogP contribution in [0.25, 0.3) is 22.2 Å². The van der Waals surface area contributed by atoms with Crippen LogP contribution in [-0.2, 0) is 12.5 Å². The zero-order valence-electron chi connectivity index (χ0n) is 16.7. The number of para-hydroxylation sites is 1. The van der Waals surface area contributed by atoms with Gasteiger partial charge in [0.15, 0.2) is 11.7 Å². The molecule has 144 valence electrons. The van der Waals surface area contributed by atoms with Crippen molar-refractivity contribution in [3.63, 3.8) is 0 Å². The fourth-order valence-corrected chi connectivity index (χ4v) is 3.23. The van der Waals surface area contributed by atoms with Gasteiger partial charge in [-0.3, -0.25) is 4.68 Å². The van der Waals surface area contributed by atoms with E-state index in [1.165, 1.54) is 0 Å². The number of aromatic nitrogens is 3. The molecule has 3 aromatic heterocycles. The van der Waals surface area contributed by atoms with Crippen LogP contribution in [0.5, 0.6) is 5.88 Å². The van der Waals surface area contributed by atoms with Gasteiger partial charge in [0.05, 0.1) is 11.3 Å². The minimum absolute atomic E-state index is 0.0639. The normalized spacial score (nSPS) is 12.5. The highest BCUT2D eigenvalue weighted by Crippen LogP contribution is 2.34. The Balaban J connectivity index is 1.70. The molecule has 0 bridgehead atoms. The lowest BCUT2D eigenvalue weighted by atomic mass is 9.93. The number of aryl methyl sites for hydroxylation is 2. The van der Waals surface area contributed by atoms with Crippen molar-refractivity contribution >= 4 is 22.9 Å². The summed E-state index contributed by atoms with van der Waals surface area (Å²) in [5, 5.41) is 15.7. The Bertz CT molecular complexity index is 1190. The molecule has 0 saturated heterocycles. The quantitative estimate of drug-likeness (QED) is 0.481. The number of aliphatic imine (C=N–C) groups is 1. The Morgan fingerprint density at radius 2 is 1.96 bits per heavy atom. The number of aromatic amines is 1. The van der Waals surface area contributed by atoms with E-state index in [1.807, 2.05) is 44.3 Å². The van der Waals surface area contributed by atoms with Crippen molar-refractivity contribution in [2.24, 2.45) is 12.0 Å². The molecule has 0 aliphatic rings. The molecule has 2 N–H and O–H groups in total. The lowest BCUT2D eigenvalue weighted by Crippen LogP contribution is -2.09. The molecule has 0 saturated carbocycles.